The van der Waals surface area contributed by atoms with Gasteiger partial charge in [0.15, 0.2) is 5.78 Å². The Hall–Kier alpha value is -2.40. The predicted octanol–water partition coefficient (Wildman–Crippen LogP) is 5.71. The van der Waals surface area contributed by atoms with Gasteiger partial charge < -0.3 is 9.53 Å². The fourth-order valence-corrected chi connectivity index (χ4v) is 6.23. The largest absolute Gasteiger partial charge is 0.465 e. The van der Waals surface area contributed by atoms with E-state index in [4.69, 9.17) is 4.74 Å². The van der Waals surface area contributed by atoms with E-state index in [1.54, 1.807) is 36.0 Å². The Balaban J connectivity index is 1.70. The zero-order chi connectivity index (χ0) is 23.3. The van der Waals surface area contributed by atoms with E-state index >= 15 is 0 Å². The smallest absolute Gasteiger partial charge is 0.337 e. The van der Waals surface area contributed by atoms with Gasteiger partial charge in [0.05, 0.1) is 18.6 Å². The lowest BCUT2D eigenvalue weighted by molar-refractivity contribution is -0.109. The molecule has 0 spiro atoms. The number of hydrogen-bond acceptors (Lipinski definition) is 5. The molecule has 2 aliphatic rings. The highest BCUT2D eigenvalue weighted by atomic mass is 32.2. The van der Waals surface area contributed by atoms with Gasteiger partial charge in [-0.2, -0.15) is 0 Å². The maximum atomic E-state index is 13.6. The van der Waals surface area contributed by atoms with Gasteiger partial charge in [-0.3, -0.25) is 4.79 Å². The van der Waals surface area contributed by atoms with Crippen LogP contribution in [0.25, 0.3) is 0 Å². The molecule has 1 aliphatic heterocycles. The van der Waals surface area contributed by atoms with Crippen molar-refractivity contribution in [2.45, 2.75) is 62.2 Å². The Morgan fingerprint density at radius 1 is 1.06 bits per heavy atom. The molecule has 168 valence electrons. The average Bonchev–Trinajstić information content (AvgIpc) is 2.78. The Bertz CT molecular complexity index is 1080. The fourth-order valence-electron chi connectivity index (χ4n) is 4.99. The van der Waals surface area contributed by atoms with E-state index in [1.807, 2.05) is 0 Å². The number of esters is 1. The Morgan fingerprint density at radius 2 is 1.66 bits per heavy atom. The molecule has 0 bridgehead atoms. The minimum Gasteiger partial charge on any atom is -0.465 e. The van der Waals surface area contributed by atoms with Gasteiger partial charge >= 0.3 is 5.97 Å². The standard InChI is InChI=1S/C27H30O4S/c1-26(2)10-11-27(3,4)22-13-23-18(12-21(22)26)24(29)20(15-32-23)19(14-28)16-6-8-17(9-7-16)25(30)31-5/h6-9,12-14,19-20H,10-11,15H2,1-5H3. The maximum Gasteiger partial charge on any atom is 0.337 e. The molecule has 0 aromatic heterocycles. The molecule has 1 heterocycles. The van der Waals surface area contributed by atoms with Crippen molar-refractivity contribution in [2.75, 3.05) is 12.9 Å². The molecule has 5 heteroatoms. The summed E-state index contributed by atoms with van der Waals surface area (Å²) in [4.78, 5) is 38.5. The third-order valence-corrected chi connectivity index (χ3v) is 8.44. The van der Waals surface area contributed by atoms with Crippen LogP contribution in [-0.2, 0) is 20.4 Å². The molecule has 2 aromatic rings. The summed E-state index contributed by atoms with van der Waals surface area (Å²) < 4.78 is 4.75. The van der Waals surface area contributed by atoms with E-state index in [0.717, 1.165) is 35.2 Å². The third-order valence-electron chi connectivity index (χ3n) is 7.27. The van der Waals surface area contributed by atoms with Crippen LogP contribution in [0.1, 0.15) is 83.9 Å². The number of carbonyl (C=O) groups excluding carboxylic acids is 3. The Morgan fingerprint density at radius 3 is 2.22 bits per heavy atom. The van der Waals surface area contributed by atoms with Gasteiger partial charge in [0.25, 0.3) is 0 Å². The first-order valence-corrected chi connectivity index (χ1v) is 12.1. The van der Waals surface area contributed by atoms with Gasteiger partial charge in [0.2, 0.25) is 0 Å². The minimum absolute atomic E-state index is 0.0194. The van der Waals surface area contributed by atoms with Gasteiger partial charge in [-0.15, -0.1) is 11.8 Å². The number of aldehydes is 1. The molecular formula is C27H30O4S. The maximum absolute atomic E-state index is 13.6. The van der Waals surface area contributed by atoms with Crippen molar-refractivity contribution in [2.24, 2.45) is 5.92 Å². The van der Waals surface area contributed by atoms with E-state index in [2.05, 4.69) is 39.8 Å². The van der Waals surface area contributed by atoms with Crippen molar-refractivity contribution in [1.82, 2.24) is 0 Å². The van der Waals surface area contributed by atoms with Crippen LogP contribution in [0.5, 0.6) is 0 Å². The summed E-state index contributed by atoms with van der Waals surface area (Å²) in [5, 5.41) is 0. The van der Waals surface area contributed by atoms with E-state index in [9.17, 15) is 14.4 Å². The summed E-state index contributed by atoms with van der Waals surface area (Å²) in [5.74, 6) is -0.791. The van der Waals surface area contributed by atoms with Crippen LogP contribution >= 0.6 is 11.8 Å². The van der Waals surface area contributed by atoms with Crippen LogP contribution in [-0.4, -0.2) is 30.9 Å². The lowest BCUT2D eigenvalue weighted by Gasteiger charge is -2.43. The second kappa shape index (κ2) is 8.18. The van der Waals surface area contributed by atoms with E-state index in [1.165, 1.54) is 18.2 Å². The van der Waals surface area contributed by atoms with E-state index in [0.29, 0.717) is 11.3 Å². The SMILES string of the molecule is COC(=O)c1ccc(C(C=O)C2CSc3cc4c(cc3C2=O)C(C)(C)CCC4(C)C)cc1. The summed E-state index contributed by atoms with van der Waals surface area (Å²) >= 11 is 1.67. The molecule has 32 heavy (non-hydrogen) atoms. The van der Waals surface area contributed by atoms with Gasteiger partial charge in [-0.25, -0.2) is 4.79 Å². The van der Waals surface area contributed by atoms with Crippen molar-refractivity contribution in [1.29, 1.82) is 0 Å². The molecule has 2 aromatic carbocycles. The third kappa shape index (κ3) is 3.81. The van der Waals surface area contributed by atoms with Crippen molar-refractivity contribution in [3.63, 3.8) is 0 Å². The summed E-state index contributed by atoms with van der Waals surface area (Å²) in [7, 11) is 1.33. The van der Waals surface area contributed by atoms with Gasteiger partial charge in [-0.05, 0) is 64.6 Å². The van der Waals surface area contributed by atoms with E-state index in [-0.39, 0.29) is 16.6 Å². The molecular weight excluding hydrogens is 420 g/mol. The normalized spacial score (nSPS) is 21.8. The zero-order valence-corrected chi connectivity index (χ0v) is 20.2. The molecule has 1 aliphatic carbocycles. The first-order valence-electron chi connectivity index (χ1n) is 11.1. The molecule has 2 unspecified atom stereocenters. The Kier molecular flexibility index (Phi) is 5.83. The number of thioether (sulfide) groups is 1. The molecule has 4 rings (SSSR count). The highest BCUT2D eigenvalue weighted by Crippen LogP contribution is 2.49. The number of hydrogen-bond donors (Lipinski definition) is 0. The molecule has 0 saturated carbocycles. The quantitative estimate of drug-likeness (QED) is 0.441. The number of fused-ring (bicyclic) bond motifs is 2. The van der Waals surface area contributed by atoms with Crippen LogP contribution in [0.4, 0.5) is 0 Å². The summed E-state index contributed by atoms with van der Waals surface area (Å²) in [6.45, 7) is 9.07. The van der Waals surface area contributed by atoms with Crippen LogP contribution in [0.3, 0.4) is 0 Å². The topological polar surface area (TPSA) is 60.4 Å². The van der Waals surface area contributed by atoms with Crippen LogP contribution in [0, 0.1) is 5.92 Å². The highest BCUT2D eigenvalue weighted by molar-refractivity contribution is 7.99. The first kappa shape index (κ1) is 22.8. The van der Waals surface area contributed by atoms with Gasteiger partial charge in [0.1, 0.15) is 6.29 Å². The monoisotopic (exact) mass is 450 g/mol. The number of rotatable bonds is 4. The average molecular weight is 451 g/mol. The molecule has 0 fully saturated rings. The molecule has 0 amide bonds. The lowest BCUT2D eigenvalue weighted by atomic mass is 9.62. The molecule has 0 saturated heterocycles. The van der Waals surface area contributed by atoms with Crippen LogP contribution in [0.15, 0.2) is 41.3 Å². The number of methoxy groups -OCH3 is 1. The zero-order valence-electron chi connectivity index (χ0n) is 19.4. The molecule has 2 atom stereocenters. The second-order valence-electron chi connectivity index (χ2n) is 10.2. The summed E-state index contributed by atoms with van der Waals surface area (Å²) in [5.41, 5.74) is 4.62. The van der Waals surface area contributed by atoms with E-state index < -0.39 is 17.8 Å². The lowest BCUT2D eigenvalue weighted by Crippen LogP contribution is -2.35. The predicted molar refractivity (Wildman–Crippen MR) is 127 cm³/mol. The van der Waals surface area contributed by atoms with Gasteiger partial charge in [-0.1, -0.05) is 39.8 Å². The molecule has 4 nitrogen and oxygen atoms in total. The van der Waals surface area contributed by atoms with Gasteiger partial charge in [0, 0.05) is 22.1 Å². The second-order valence-corrected chi connectivity index (χ2v) is 11.3. The van der Waals surface area contributed by atoms with Crippen LogP contribution < -0.4 is 0 Å². The summed E-state index contributed by atoms with van der Waals surface area (Å²) in [6.07, 6.45) is 3.08. The molecule has 0 N–H and O–H groups in total. The minimum atomic E-state index is -0.546. The number of carbonyl (C=O) groups is 3. The Labute approximate surface area is 194 Å². The molecule has 0 radical (unpaired) electrons. The van der Waals surface area contributed by atoms with Crippen molar-refractivity contribution >= 4 is 29.8 Å². The number of benzene rings is 2. The van der Waals surface area contributed by atoms with Crippen molar-refractivity contribution in [3.8, 4) is 0 Å². The number of ether oxygens (including phenoxy) is 1. The first-order chi connectivity index (χ1) is 15.1. The van der Waals surface area contributed by atoms with Crippen LogP contribution in [0.2, 0.25) is 0 Å². The van der Waals surface area contributed by atoms with Crippen molar-refractivity contribution < 1.29 is 19.1 Å². The number of ketones is 1. The summed E-state index contributed by atoms with van der Waals surface area (Å²) in [6, 6.07) is 11.1. The fraction of sp³-hybridized carbons (Fsp3) is 0.444. The number of Topliss-reactive ketones (excluding diaryl/α,β-unsaturated/α-hetero) is 1. The highest BCUT2D eigenvalue weighted by Gasteiger charge is 2.41. The van der Waals surface area contributed by atoms with Crippen molar-refractivity contribution in [3.05, 3.63) is 64.2 Å².